The molecular formula is C14H20N2OS. The molecule has 2 rings (SSSR count). The Morgan fingerprint density at radius 2 is 2.17 bits per heavy atom. The largest absolute Gasteiger partial charge is 0.390 e. The quantitative estimate of drug-likeness (QED) is 0.794. The van der Waals surface area contributed by atoms with Crippen LogP contribution in [0.5, 0.6) is 0 Å². The Morgan fingerprint density at radius 3 is 2.83 bits per heavy atom. The van der Waals surface area contributed by atoms with E-state index in [1.54, 1.807) is 11.3 Å². The Bertz CT molecular complexity index is 446. The summed E-state index contributed by atoms with van der Waals surface area (Å²) < 4.78 is 0. The minimum atomic E-state index is -0.469. The van der Waals surface area contributed by atoms with Gasteiger partial charge in [0.2, 0.25) is 0 Å². The summed E-state index contributed by atoms with van der Waals surface area (Å²) in [5, 5.41) is 9.91. The average Bonchev–Trinajstić information content (AvgIpc) is 2.77. The molecule has 0 bridgehead atoms. The maximum atomic E-state index is 9.91. The second-order valence-corrected chi connectivity index (χ2v) is 6.21. The molecule has 0 aliphatic carbocycles. The van der Waals surface area contributed by atoms with Crippen LogP contribution in [0.25, 0.3) is 0 Å². The van der Waals surface area contributed by atoms with Gasteiger partial charge in [-0.1, -0.05) is 11.8 Å². The van der Waals surface area contributed by atoms with E-state index in [4.69, 9.17) is 5.73 Å². The number of hydrogen-bond donors (Lipinski definition) is 2. The molecule has 1 aliphatic heterocycles. The monoisotopic (exact) mass is 264 g/mol. The molecule has 0 aromatic carbocycles. The summed E-state index contributed by atoms with van der Waals surface area (Å²) in [4.78, 5) is 4.81. The van der Waals surface area contributed by atoms with Crippen LogP contribution in [0.15, 0.2) is 12.1 Å². The standard InChI is InChI=1S/C14H20N2OS/c1-14(17)6-9-16(10-7-14)11-13-5-4-12(18-13)3-2-8-15/h4-5,17H,6-11,15H2,1H3. The normalized spacial score (nSPS) is 19.3. The highest BCUT2D eigenvalue weighted by molar-refractivity contribution is 7.12. The van der Waals surface area contributed by atoms with Crippen molar-refractivity contribution in [3.05, 3.63) is 21.9 Å². The van der Waals surface area contributed by atoms with E-state index in [1.165, 1.54) is 4.88 Å². The number of nitrogens with two attached hydrogens (primary N) is 1. The fourth-order valence-corrected chi connectivity index (χ4v) is 3.01. The first-order valence-corrected chi connectivity index (χ1v) is 7.13. The number of hydrogen-bond acceptors (Lipinski definition) is 4. The van der Waals surface area contributed by atoms with Crippen LogP contribution in [0.4, 0.5) is 0 Å². The van der Waals surface area contributed by atoms with E-state index in [0.717, 1.165) is 37.4 Å². The highest BCUT2D eigenvalue weighted by Gasteiger charge is 2.27. The fraction of sp³-hybridized carbons (Fsp3) is 0.571. The molecule has 3 nitrogen and oxygen atoms in total. The Balaban J connectivity index is 1.88. The minimum Gasteiger partial charge on any atom is -0.390 e. The fourth-order valence-electron chi connectivity index (χ4n) is 2.08. The third-order valence-electron chi connectivity index (χ3n) is 3.29. The van der Waals surface area contributed by atoms with Crippen molar-refractivity contribution in [2.75, 3.05) is 19.6 Å². The van der Waals surface area contributed by atoms with Gasteiger partial charge < -0.3 is 10.8 Å². The van der Waals surface area contributed by atoms with Gasteiger partial charge in [0.15, 0.2) is 0 Å². The Kier molecular flexibility index (Phi) is 4.41. The van der Waals surface area contributed by atoms with E-state index < -0.39 is 5.60 Å². The van der Waals surface area contributed by atoms with Crippen molar-refractivity contribution in [3.8, 4) is 11.8 Å². The average molecular weight is 264 g/mol. The Labute approximate surface area is 113 Å². The number of piperidine rings is 1. The van der Waals surface area contributed by atoms with Gasteiger partial charge in [0.25, 0.3) is 0 Å². The van der Waals surface area contributed by atoms with E-state index in [0.29, 0.717) is 6.54 Å². The molecule has 0 spiro atoms. The van der Waals surface area contributed by atoms with Crippen molar-refractivity contribution >= 4 is 11.3 Å². The molecule has 98 valence electrons. The van der Waals surface area contributed by atoms with Gasteiger partial charge in [-0.3, -0.25) is 4.90 Å². The van der Waals surface area contributed by atoms with Crippen molar-refractivity contribution in [1.82, 2.24) is 4.90 Å². The van der Waals surface area contributed by atoms with Gasteiger partial charge in [0, 0.05) is 24.5 Å². The summed E-state index contributed by atoms with van der Waals surface area (Å²) in [6.07, 6.45) is 1.72. The molecule has 0 unspecified atom stereocenters. The Hall–Kier alpha value is -0.860. The lowest BCUT2D eigenvalue weighted by molar-refractivity contribution is -0.00706. The number of likely N-dealkylation sites (tertiary alicyclic amines) is 1. The van der Waals surface area contributed by atoms with Gasteiger partial charge >= 0.3 is 0 Å². The van der Waals surface area contributed by atoms with E-state index in [-0.39, 0.29) is 0 Å². The molecule has 0 saturated carbocycles. The van der Waals surface area contributed by atoms with Crippen LogP contribution in [-0.4, -0.2) is 35.2 Å². The zero-order valence-corrected chi connectivity index (χ0v) is 11.6. The van der Waals surface area contributed by atoms with Crippen LogP contribution in [0, 0.1) is 11.8 Å². The van der Waals surface area contributed by atoms with E-state index in [9.17, 15) is 5.11 Å². The van der Waals surface area contributed by atoms with Crippen LogP contribution in [-0.2, 0) is 6.54 Å². The lowest BCUT2D eigenvalue weighted by Crippen LogP contribution is -2.41. The van der Waals surface area contributed by atoms with Crippen LogP contribution in [0.1, 0.15) is 29.5 Å². The predicted molar refractivity (Wildman–Crippen MR) is 75.4 cm³/mol. The summed E-state index contributed by atoms with van der Waals surface area (Å²) in [5.74, 6) is 5.93. The smallest absolute Gasteiger partial charge is 0.0772 e. The second-order valence-electron chi connectivity index (χ2n) is 5.04. The maximum Gasteiger partial charge on any atom is 0.0772 e. The van der Waals surface area contributed by atoms with Crippen LogP contribution in [0.2, 0.25) is 0 Å². The van der Waals surface area contributed by atoms with Crippen LogP contribution >= 0.6 is 11.3 Å². The molecule has 4 heteroatoms. The highest BCUT2D eigenvalue weighted by Crippen LogP contribution is 2.24. The van der Waals surface area contributed by atoms with Crippen LogP contribution in [0.3, 0.4) is 0 Å². The van der Waals surface area contributed by atoms with E-state index >= 15 is 0 Å². The molecule has 1 saturated heterocycles. The van der Waals surface area contributed by atoms with Crippen molar-refractivity contribution < 1.29 is 5.11 Å². The van der Waals surface area contributed by atoms with E-state index in [2.05, 4.69) is 28.9 Å². The number of aliphatic hydroxyl groups is 1. The van der Waals surface area contributed by atoms with Gasteiger partial charge in [-0.05, 0) is 31.9 Å². The number of rotatable bonds is 2. The zero-order valence-electron chi connectivity index (χ0n) is 10.8. The van der Waals surface area contributed by atoms with Crippen molar-refractivity contribution in [2.45, 2.75) is 31.9 Å². The first-order valence-electron chi connectivity index (χ1n) is 6.31. The molecule has 0 atom stereocenters. The van der Waals surface area contributed by atoms with Gasteiger partial charge in [0.1, 0.15) is 0 Å². The van der Waals surface area contributed by atoms with Crippen molar-refractivity contribution in [2.24, 2.45) is 5.73 Å². The first kappa shape index (κ1) is 13.6. The topological polar surface area (TPSA) is 49.5 Å². The molecule has 1 aliphatic rings. The molecule has 18 heavy (non-hydrogen) atoms. The highest BCUT2D eigenvalue weighted by atomic mass is 32.1. The molecule has 3 N–H and O–H groups in total. The lowest BCUT2D eigenvalue weighted by Gasteiger charge is -2.35. The predicted octanol–water partition coefficient (Wildman–Crippen LogP) is 1.41. The van der Waals surface area contributed by atoms with Crippen molar-refractivity contribution in [1.29, 1.82) is 0 Å². The summed E-state index contributed by atoms with van der Waals surface area (Å²) >= 11 is 1.73. The third kappa shape index (κ3) is 3.82. The SMILES string of the molecule is CC1(O)CCN(Cc2ccc(C#CCN)s2)CC1. The lowest BCUT2D eigenvalue weighted by atomic mass is 9.94. The molecular weight excluding hydrogens is 244 g/mol. The van der Waals surface area contributed by atoms with Gasteiger partial charge in [-0.2, -0.15) is 0 Å². The zero-order chi connectivity index (χ0) is 13.0. The van der Waals surface area contributed by atoms with Crippen molar-refractivity contribution in [3.63, 3.8) is 0 Å². The third-order valence-corrected chi connectivity index (χ3v) is 4.27. The maximum absolute atomic E-state index is 9.91. The van der Waals surface area contributed by atoms with Gasteiger partial charge in [0.05, 0.1) is 17.0 Å². The molecule has 1 fully saturated rings. The second kappa shape index (κ2) is 5.85. The number of nitrogens with zero attached hydrogens (tertiary/aromatic N) is 1. The summed E-state index contributed by atoms with van der Waals surface area (Å²) in [5.41, 5.74) is 4.89. The summed E-state index contributed by atoms with van der Waals surface area (Å²) in [6.45, 7) is 5.24. The number of thiophene rings is 1. The van der Waals surface area contributed by atoms with Crippen LogP contribution < -0.4 is 5.73 Å². The van der Waals surface area contributed by atoms with Gasteiger partial charge in [-0.15, -0.1) is 11.3 Å². The van der Waals surface area contributed by atoms with Gasteiger partial charge in [-0.25, -0.2) is 0 Å². The summed E-state index contributed by atoms with van der Waals surface area (Å²) in [7, 11) is 0. The molecule has 0 amide bonds. The molecule has 1 aromatic rings. The Morgan fingerprint density at radius 1 is 1.44 bits per heavy atom. The molecule has 2 heterocycles. The first-order chi connectivity index (χ1) is 8.59. The minimum absolute atomic E-state index is 0.411. The van der Waals surface area contributed by atoms with E-state index in [1.807, 2.05) is 6.92 Å². The molecule has 0 radical (unpaired) electrons. The molecule has 1 aromatic heterocycles. The summed E-state index contributed by atoms with van der Waals surface area (Å²) in [6, 6.07) is 4.20.